The Bertz CT molecular complexity index is 700. The van der Waals surface area contributed by atoms with Crippen LogP contribution < -0.4 is 4.74 Å². The van der Waals surface area contributed by atoms with Gasteiger partial charge in [-0.1, -0.05) is 63.1 Å². The average molecular weight is 351 g/mol. The van der Waals surface area contributed by atoms with Crippen LogP contribution >= 0.6 is 0 Å². The molecule has 2 atom stereocenters. The molecule has 2 aromatic rings. The molecule has 2 nitrogen and oxygen atoms in total. The maximum atomic E-state index is 12.3. The van der Waals surface area contributed by atoms with Gasteiger partial charge in [0.05, 0.1) is 6.61 Å². The van der Waals surface area contributed by atoms with Crippen molar-refractivity contribution in [3.8, 4) is 16.9 Å². The molecule has 0 unspecified atom stereocenters. The first-order valence-electron chi connectivity index (χ1n) is 10.0. The molecule has 0 heterocycles. The van der Waals surface area contributed by atoms with Crippen LogP contribution in [0.2, 0.25) is 0 Å². The van der Waals surface area contributed by atoms with Crippen molar-refractivity contribution < 1.29 is 9.53 Å². The highest BCUT2D eigenvalue weighted by Gasteiger charge is 2.27. The Morgan fingerprint density at radius 1 is 0.923 bits per heavy atom. The zero-order valence-electron chi connectivity index (χ0n) is 16.0. The summed E-state index contributed by atoms with van der Waals surface area (Å²) in [5.41, 5.74) is 3.53. The predicted molar refractivity (Wildman–Crippen MR) is 108 cm³/mol. The van der Waals surface area contributed by atoms with Crippen LogP contribution in [0, 0.1) is 5.92 Å². The zero-order chi connectivity index (χ0) is 18.4. The number of rotatable bonds is 7. The Hall–Kier alpha value is -2.09. The third-order valence-electron chi connectivity index (χ3n) is 5.40. The molecule has 0 radical (unpaired) electrons. The topological polar surface area (TPSA) is 26.3 Å². The molecule has 1 aliphatic rings. The van der Waals surface area contributed by atoms with Gasteiger partial charge in [-0.15, -0.1) is 0 Å². The van der Waals surface area contributed by atoms with Gasteiger partial charge in [0.15, 0.2) is 0 Å². The Morgan fingerprint density at radius 3 is 2.19 bits per heavy atom. The van der Waals surface area contributed by atoms with E-state index in [1.165, 1.54) is 29.5 Å². The van der Waals surface area contributed by atoms with Gasteiger partial charge in [-0.3, -0.25) is 4.79 Å². The van der Waals surface area contributed by atoms with E-state index in [1.807, 2.05) is 12.1 Å². The van der Waals surface area contributed by atoms with Gasteiger partial charge in [-0.25, -0.2) is 0 Å². The summed E-state index contributed by atoms with van der Waals surface area (Å²) in [5.74, 6) is 1.98. The molecule has 1 aliphatic carbocycles. The van der Waals surface area contributed by atoms with E-state index in [4.69, 9.17) is 4.74 Å². The highest BCUT2D eigenvalue weighted by Crippen LogP contribution is 2.34. The van der Waals surface area contributed by atoms with Gasteiger partial charge >= 0.3 is 0 Å². The number of Topliss-reactive ketones (excluding diaryl/α,β-unsaturated/α-hetero) is 1. The third-order valence-corrected chi connectivity index (χ3v) is 5.40. The van der Waals surface area contributed by atoms with Crippen molar-refractivity contribution in [2.45, 2.75) is 58.3 Å². The number of ether oxygens (including phenoxy) is 1. The lowest BCUT2D eigenvalue weighted by Gasteiger charge is -2.25. The monoisotopic (exact) mass is 350 g/mol. The summed E-state index contributed by atoms with van der Waals surface area (Å²) < 4.78 is 5.78. The molecule has 0 amide bonds. The van der Waals surface area contributed by atoms with Crippen LogP contribution in [0.5, 0.6) is 5.75 Å². The first-order valence-corrected chi connectivity index (χ1v) is 10.0. The van der Waals surface area contributed by atoms with Gasteiger partial charge in [0.25, 0.3) is 0 Å². The normalized spacial score (nSPS) is 20.2. The molecular weight excluding hydrogens is 320 g/mol. The fourth-order valence-corrected chi connectivity index (χ4v) is 3.75. The van der Waals surface area contributed by atoms with E-state index in [0.29, 0.717) is 11.7 Å². The fraction of sp³-hybridized carbons (Fsp3) is 0.458. The summed E-state index contributed by atoms with van der Waals surface area (Å²) >= 11 is 0. The molecule has 138 valence electrons. The van der Waals surface area contributed by atoms with Crippen molar-refractivity contribution in [2.75, 3.05) is 6.61 Å². The van der Waals surface area contributed by atoms with Gasteiger partial charge in [0.2, 0.25) is 0 Å². The number of hydrogen-bond acceptors (Lipinski definition) is 2. The summed E-state index contributed by atoms with van der Waals surface area (Å²) in [6.07, 6.45) is 6.41. The fourth-order valence-electron chi connectivity index (χ4n) is 3.75. The molecule has 3 rings (SSSR count). The molecule has 2 aromatic carbocycles. The Labute approximate surface area is 157 Å². The van der Waals surface area contributed by atoms with Crippen molar-refractivity contribution in [3.05, 3.63) is 54.1 Å². The second-order valence-electron chi connectivity index (χ2n) is 7.61. The van der Waals surface area contributed by atoms with Crippen molar-refractivity contribution in [1.82, 2.24) is 0 Å². The minimum absolute atomic E-state index is 0.0964. The van der Waals surface area contributed by atoms with E-state index in [-0.39, 0.29) is 5.92 Å². The second kappa shape index (κ2) is 9.02. The average Bonchev–Trinajstić information content (AvgIpc) is 2.66. The molecule has 1 saturated carbocycles. The van der Waals surface area contributed by atoms with Crippen molar-refractivity contribution in [2.24, 2.45) is 5.92 Å². The lowest BCUT2D eigenvalue weighted by Crippen LogP contribution is -2.21. The van der Waals surface area contributed by atoms with E-state index in [1.54, 1.807) is 0 Å². The molecule has 2 heteroatoms. The molecule has 1 fully saturated rings. The van der Waals surface area contributed by atoms with Crippen LogP contribution in [0.25, 0.3) is 11.1 Å². The van der Waals surface area contributed by atoms with Crippen molar-refractivity contribution >= 4 is 5.78 Å². The number of hydrogen-bond donors (Lipinski definition) is 0. The Morgan fingerprint density at radius 2 is 1.58 bits per heavy atom. The first-order chi connectivity index (χ1) is 12.7. The van der Waals surface area contributed by atoms with E-state index in [0.717, 1.165) is 38.0 Å². The van der Waals surface area contributed by atoms with E-state index in [9.17, 15) is 4.79 Å². The smallest absolute Gasteiger partial charge is 0.140 e. The van der Waals surface area contributed by atoms with Gasteiger partial charge < -0.3 is 4.74 Å². The number of unbranched alkanes of at least 4 members (excludes halogenated alkanes) is 2. The summed E-state index contributed by atoms with van der Waals surface area (Å²) in [5, 5.41) is 0. The van der Waals surface area contributed by atoms with Crippen LogP contribution in [0.4, 0.5) is 0 Å². The minimum Gasteiger partial charge on any atom is -0.494 e. The molecular formula is C24H30O2. The highest BCUT2D eigenvalue weighted by molar-refractivity contribution is 5.86. The molecule has 0 aromatic heterocycles. The van der Waals surface area contributed by atoms with Crippen molar-refractivity contribution in [1.29, 1.82) is 0 Å². The zero-order valence-corrected chi connectivity index (χ0v) is 16.0. The molecule has 0 saturated heterocycles. The standard InChI is InChI=1S/C24H30O2/c1-3-4-5-16-26-22-13-11-20(12-14-22)19-7-9-21(10-8-19)23-15-6-18(2)17-24(23)25/h7-14,18,23H,3-6,15-17H2,1-2H3/t18-,23+/m1/s1. The third kappa shape index (κ3) is 4.75. The predicted octanol–water partition coefficient (Wildman–Crippen LogP) is 6.40. The molecule has 0 spiro atoms. The maximum absolute atomic E-state index is 12.3. The van der Waals surface area contributed by atoms with Crippen LogP contribution in [0.3, 0.4) is 0 Å². The lowest BCUT2D eigenvalue weighted by molar-refractivity contribution is -0.123. The van der Waals surface area contributed by atoms with E-state index in [2.05, 4.69) is 50.2 Å². The largest absolute Gasteiger partial charge is 0.494 e. The second-order valence-corrected chi connectivity index (χ2v) is 7.61. The van der Waals surface area contributed by atoms with E-state index < -0.39 is 0 Å². The van der Waals surface area contributed by atoms with Gasteiger partial charge in [0, 0.05) is 12.3 Å². The summed E-state index contributed by atoms with van der Waals surface area (Å²) in [7, 11) is 0. The number of benzene rings is 2. The molecule has 0 N–H and O–H groups in total. The number of ketones is 1. The van der Waals surface area contributed by atoms with Gasteiger partial charge in [-0.05, 0) is 54.0 Å². The SMILES string of the molecule is CCCCCOc1ccc(-c2ccc([C@@H]3CC[C@@H](C)CC3=O)cc2)cc1. The lowest BCUT2D eigenvalue weighted by atomic mass is 9.78. The summed E-state index contributed by atoms with van der Waals surface area (Å²) in [6.45, 7) is 5.16. The maximum Gasteiger partial charge on any atom is 0.140 e. The Balaban J connectivity index is 1.62. The van der Waals surface area contributed by atoms with Crippen LogP contribution in [-0.2, 0) is 4.79 Å². The molecule has 0 bridgehead atoms. The quantitative estimate of drug-likeness (QED) is 0.540. The molecule has 26 heavy (non-hydrogen) atoms. The summed E-state index contributed by atoms with van der Waals surface area (Å²) in [6, 6.07) is 16.8. The van der Waals surface area contributed by atoms with E-state index >= 15 is 0 Å². The summed E-state index contributed by atoms with van der Waals surface area (Å²) in [4.78, 5) is 12.3. The van der Waals surface area contributed by atoms with Crippen LogP contribution in [0.1, 0.15) is 63.9 Å². The van der Waals surface area contributed by atoms with Crippen LogP contribution in [-0.4, -0.2) is 12.4 Å². The van der Waals surface area contributed by atoms with Gasteiger partial charge in [-0.2, -0.15) is 0 Å². The Kier molecular flexibility index (Phi) is 6.49. The van der Waals surface area contributed by atoms with Crippen LogP contribution in [0.15, 0.2) is 48.5 Å². The molecule has 0 aliphatic heterocycles. The number of carbonyl (C=O) groups is 1. The first kappa shape index (κ1) is 18.7. The minimum atomic E-state index is 0.0964. The highest BCUT2D eigenvalue weighted by atomic mass is 16.5. The number of carbonyl (C=O) groups excluding carboxylic acids is 1. The van der Waals surface area contributed by atoms with Crippen molar-refractivity contribution in [3.63, 3.8) is 0 Å². The van der Waals surface area contributed by atoms with Gasteiger partial charge in [0.1, 0.15) is 11.5 Å².